The zero-order chi connectivity index (χ0) is 16.8. The molecule has 0 aliphatic heterocycles. The third kappa shape index (κ3) is 4.51. The maximum Gasteiger partial charge on any atom is 0.319 e. The molecule has 0 spiro atoms. The molecule has 0 atom stereocenters. The van der Waals surface area contributed by atoms with Gasteiger partial charge < -0.3 is 15.5 Å². The Balaban J connectivity index is 1.53. The van der Waals surface area contributed by atoms with Crippen LogP contribution in [0.2, 0.25) is 0 Å². The molecule has 1 aliphatic carbocycles. The molecule has 1 fully saturated rings. The van der Waals surface area contributed by atoms with Gasteiger partial charge in [-0.25, -0.2) is 4.79 Å². The zero-order valence-electron chi connectivity index (χ0n) is 14.2. The molecule has 2 N–H and O–H groups in total. The Morgan fingerprint density at radius 1 is 1.04 bits per heavy atom. The van der Waals surface area contributed by atoms with Gasteiger partial charge in [0.25, 0.3) is 0 Å². The normalized spacial score (nSPS) is 14.4. The molecule has 2 aromatic rings. The van der Waals surface area contributed by atoms with Crippen molar-refractivity contribution >= 4 is 17.4 Å². The standard InChI is InChI=1S/C20H25N3O/c1-23(15-16-7-3-2-4-8-16)19-13-11-18(12-14-19)22-20(24)21-17-9-5-6-10-17/h2-4,7-8,11-14,17H,5-6,9-10,15H2,1H3,(H2,21,22,24). The number of carbonyl (C=O) groups excluding carboxylic acids is 1. The first-order valence-electron chi connectivity index (χ1n) is 8.63. The SMILES string of the molecule is CN(Cc1ccccc1)c1ccc(NC(=O)NC2CCCC2)cc1. The molecule has 2 aromatic carbocycles. The number of amides is 2. The second kappa shape index (κ2) is 7.86. The number of hydrogen-bond donors (Lipinski definition) is 2. The van der Waals surface area contributed by atoms with Crippen molar-refractivity contribution < 1.29 is 4.79 Å². The van der Waals surface area contributed by atoms with Crippen LogP contribution < -0.4 is 15.5 Å². The average Bonchev–Trinajstić information content (AvgIpc) is 3.09. The predicted octanol–water partition coefficient (Wildman–Crippen LogP) is 4.39. The number of nitrogens with one attached hydrogen (secondary N) is 2. The fourth-order valence-corrected chi connectivity index (χ4v) is 3.17. The van der Waals surface area contributed by atoms with Crippen molar-refractivity contribution in [2.24, 2.45) is 0 Å². The van der Waals surface area contributed by atoms with Crippen LogP contribution in [0.1, 0.15) is 31.2 Å². The first-order valence-corrected chi connectivity index (χ1v) is 8.63. The lowest BCUT2D eigenvalue weighted by Gasteiger charge is -2.20. The molecule has 1 saturated carbocycles. The molecule has 1 aliphatic rings. The molecule has 126 valence electrons. The highest BCUT2D eigenvalue weighted by Crippen LogP contribution is 2.20. The van der Waals surface area contributed by atoms with E-state index < -0.39 is 0 Å². The Kier molecular flexibility index (Phi) is 5.36. The predicted molar refractivity (Wildman–Crippen MR) is 99.4 cm³/mol. The van der Waals surface area contributed by atoms with Gasteiger partial charge >= 0.3 is 6.03 Å². The second-order valence-electron chi connectivity index (χ2n) is 6.47. The summed E-state index contributed by atoms with van der Waals surface area (Å²) in [6.07, 6.45) is 4.62. The molecule has 4 nitrogen and oxygen atoms in total. The minimum Gasteiger partial charge on any atom is -0.370 e. The molecule has 0 unspecified atom stereocenters. The Bertz CT molecular complexity index is 648. The van der Waals surface area contributed by atoms with Gasteiger partial charge in [0.2, 0.25) is 0 Å². The summed E-state index contributed by atoms with van der Waals surface area (Å²) in [5.74, 6) is 0. The topological polar surface area (TPSA) is 44.4 Å². The van der Waals surface area contributed by atoms with Gasteiger partial charge in [0.15, 0.2) is 0 Å². The molecular weight excluding hydrogens is 298 g/mol. The van der Waals surface area contributed by atoms with Crippen LogP contribution in [0, 0.1) is 0 Å². The number of nitrogens with zero attached hydrogens (tertiary/aromatic N) is 1. The highest BCUT2D eigenvalue weighted by Gasteiger charge is 2.16. The highest BCUT2D eigenvalue weighted by molar-refractivity contribution is 5.89. The second-order valence-corrected chi connectivity index (χ2v) is 6.47. The lowest BCUT2D eigenvalue weighted by molar-refractivity contribution is 0.248. The lowest BCUT2D eigenvalue weighted by Crippen LogP contribution is -2.36. The summed E-state index contributed by atoms with van der Waals surface area (Å²) in [6.45, 7) is 0.857. The van der Waals surface area contributed by atoms with Gasteiger partial charge in [-0.15, -0.1) is 0 Å². The molecule has 0 radical (unpaired) electrons. The van der Waals surface area contributed by atoms with Gasteiger partial charge in [0.1, 0.15) is 0 Å². The Hall–Kier alpha value is -2.49. The van der Waals surface area contributed by atoms with E-state index in [0.29, 0.717) is 6.04 Å². The third-order valence-corrected chi connectivity index (χ3v) is 4.52. The maximum absolute atomic E-state index is 12.0. The van der Waals surface area contributed by atoms with Crippen molar-refractivity contribution in [1.82, 2.24) is 5.32 Å². The lowest BCUT2D eigenvalue weighted by atomic mass is 10.2. The van der Waals surface area contributed by atoms with E-state index in [1.165, 1.54) is 18.4 Å². The molecule has 3 rings (SSSR count). The van der Waals surface area contributed by atoms with Crippen molar-refractivity contribution in [3.63, 3.8) is 0 Å². The van der Waals surface area contributed by atoms with Crippen molar-refractivity contribution in [3.05, 3.63) is 60.2 Å². The molecular formula is C20H25N3O. The van der Waals surface area contributed by atoms with Crippen molar-refractivity contribution in [2.45, 2.75) is 38.3 Å². The number of urea groups is 1. The van der Waals surface area contributed by atoms with Crippen molar-refractivity contribution in [1.29, 1.82) is 0 Å². The van der Waals surface area contributed by atoms with Crippen LogP contribution in [0.4, 0.5) is 16.2 Å². The summed E-state index contributed by atoms with van der Waals surface area (Å²) in [6, 6.07) is 18.6. The summed E-state index contributed by atoms with van der Waals surface area (Å²) >= 11 is 0. The van der Waals surface area contributed by atoms with E-state index in [4.69, 9.17) is 0 Å². The van der Waals surface area contributed by atoms with Gasteiger partial charge in [-0.2, -0.15) is 0 Å². The average molecular weight is 323 g/mol. The first-order chi connectivity index (χ1) is 11.7. The number of hydrogen-bond acceptors (Lipinski definition) is 2. The molecule has 0 heterocycles. The highest BCUT2D eigenvalue weighted by atomic mass is 16.2. The summed E-state index contributed by atoms with van der Waals surface area (Å²) in [7, 11) is 2.07. The van der Waals surface area contributed by atoms with Gasteiger partial charge in [-0.1, -0.05) is 43.2 Å². The van der Waals surface area contributed by atoms with Crippen LogP contribution in [0.15, 0.2) is 54.6 Å². The summed E-state index contributed by atoms with van der Waals surface area (Å²) in [5.41, 5.74) is 3.22. The zero-order valence-corrected chi connectivity index (χ0v) is 14.2. The smallest absolute Gasteiger partial charge is 0.319 e. The minimum absolute atomic E-state index is 0.104. The van der Waals surface area contributed by atoms with E-state index in [9.17, 15) is 4.79 Å². The van der Waals surface area contributed by atoms with E-state index >= 15 is 0 Å². The monoisotopic (exact) mass is 323 g/mol. The van der Waals surface area contributed by atoms with E-state index in [1.54, 1.807) is 0 Å². The summed E-state index contributed by atoms with van der Waals surface area (Å²) < 4.78 is 0. The Morgan fingerprint density at radius 2 is 1.71 bits per heavy atom. The summed E-state index contributed by atoms with van der Waals surface area (Å²) in [5, 5.41) is 5.95. The Morgan fingerprint density at radius 3 is 2.38 bits per heavy atom. The van der Waals surface area contributed by atoms with Crippen LogP contribution in [0.5, 0.6) is 0 Å². The van der Waals surface area contributed by atoms with Gasteiger partial charge in [0.05, 0.1) is 0 Å². The summed E-state index contributed by atoms with van der Waals surface area (Å²) in [4.78, 5) is 14.2. The van der Waals surface area contributed by atoms with Crippen LogP contribution >= 0.6 is 0 Å². The van der Waals surface area contributed by atoms with Crippen LogP contribution in [-0.4, -0.2) is 19.1 Å². The molecule has 2 amide bonds. The van der Waals surface area contributed by atoms with E-state index in [2.05, 4.69) is 46.8 Å². The largest absolute Gasteiger partial charge is 0.370 e. The van der Waals surface area contributed by atoms with Gasteiger partial charge in [-0.3, -0.25) is 0 Å². The maximum atomic E-state index is 12.0. The number of rotatable bonds is 5. The molecule has 24 heavy (non-hydrogen) atoms. The van der Waals surface area contributed by atoms with Crippen LogP contribution in [-0.2, 0) is 6.54 Å². The number of anilines is 2. The molecule has 4 heteroatoms. The minimum atomic E-state index is -0.104. The van der Waals surface area contributed by atoms with Gasteiger partial charge in [0, 0.05) is 31.0 Å². The quantitative estimate of drug-likeness (QED) is 0.857. The van der Waals surface area contributed by atoms with E-state index in [0.717, 1.165) is 30.8 Å². The van der Waals surface area contributed by atoms with Crippen molar-refractivity contribution in [2.75, 3.05) is 17.3 Å². The fraction of sp³-hybridized carbons (Fsp3) is 0.350. The first kappa shape index (κ1) is 16.4. The van der Waals surface area contributed by atoms with E-state index in [1.807, 2.05) is 30.3 Å². The molecule has 0 bridgehead atoms. The molecule has 0 aromatic heterocycles. The number of carbonyl (C=O) groups is 1. The van der Waals surface area contributed by atoms with Crippen molar-refractivity contribution in [3.8, 4) is 0 Å². The van der Waals surface area contributed by atoms with Crippen LogP contribution in [0.25, 0.3) is 0 Å². The fourth-order valence-electron chi connectivity index (χ4n) is 3.17. The third-order valence-electron chi connectivity index (χ3n) is 4.52. The van der Waals surface area contributed by atoms with Gasteiger partial charge in [-0.05, 0) is 42.7 Å². The Labute approximate surface area is 143 Å². The molecule has 0 saturated heterocycles. The van der Waals surface area contributed by atoms with Crippen LogP contribution in [0.3, 0.4) is 0 Å². The number of benzene rings is 2. The van der Waals surface area contributed by atoms with E-state index in [-0.39, 0.29) is 6.03 Å².